The number of hydrogen-bond acceptors (Lipinski definition) is 2. The van der Waals surface area contributed by atoms with Gasteiger partial charge in [0.2, 0.25) is 0 Å². The largest absolute Gasteiger partial charge is 0.481 e. The van der Waals surface area contributed by atoms with E-state index in [0.29, 0.717) is 6.42 Å². The van der Waals surface area contributed by atoms with Crippen LogP contribution >= 0.6 is 0 Å². The van der Waals surface area contributed by atoms with Gasteiger partial charge in [-0.3, -0.25) is 4.79 Å². The number of hydrogen-bond donors (Lipinski definition) is 2. The Morgan fingerprint density at radius 1 is 1.14 bits per heavy atom. The Kier molecular flexibility index (Phi) is 3.39. The van der Waals surface area contributed by atoms with E-state index in [1.165, 1.54) is 0 Å². The van der Waals surface area contributed by atoms with Gasteiger partial charge in [-0.05, 0) is 32.6 Å². The first kappa shape index (κ1) is 13.4. The third kappa shape index (κ3) is 2.98. The third-order valence-electron chi connectivity index (χ3n) is 2.78. The van der Waals surface area contributed by atoms with Gasteiger partial charge in [0.1, 0.15) is 0 Å². The molecule has 3 N–H and O–H groups in total. The van der Waals surface area contributed by atoms with Gasteiger partial charge in [-0.1, -0.05) is 20.8 Å². The molecule has 0 aliphatic rings. The quantitative estimate of drug-likeness (QED) is 0.736. The van der Waals surface area contributed by atoms with Crippen molar-refractivity contribution in [1.82, 2.24) is 0 Å². The minimum Gasteiger partial charge on any atom is -0.481 e. The summed E-state index contributed by atoms with van der Waals surface area (Å²) in [4.78, 5) is 11.3. The number of aliphatic carboxylic acids is 1. The zero-order valence-electron chi connectivity index (χ0n) is 10.1. The summed E-state index contributed by atoms with van der Waals surface area (Å²) in [7, 11) is 0. The van der Waals surface area contributed by atoms with Crippen molar-refractivity contribution in [2.75, 3.05) is 0 Å². The van der Waals surface area contributed by atoms with Gasteiger partial charge in [-0.15, -0.1) is 0 Å². The van der Waals surface area contributed by atoms with E-state index in [0.717, 1.165) is 0 Å². The lowest BCUT2D eigenvalue weighted by Crippen LogP contribution is -2.55. The minimum absolute atomic E-state index is 0.0379. The second-order valence-electron chi connectivity index (χ2n) is 6.10. The molecule has 1 atom stereocenters. The van der Waals surface area contributed by atoms with E-state index in [1.807, 2.05) is 20.8 Å². The summed E-state index contributed by atoms with van der Waals surface area (Å²) < 4.78 is 0. The van der Waals surface area contributed by atoms with Crippen LogP contribution in [0.1, 0.15) is 48.0 Å². The molecule has 84 valence electrons. The van der Waals surface area contributed by atoms with E-state index in [1.54, 1.807) is 20.8 Å². The highest BCUT2D eigenvalue weighted by Crippen LogP contribution is 2.40. The molecule has 1 unspecified atom stereocenters. The Hall–Kier alpha value is -0.570. The van der Waals surface area contributed by atoms with Crippen molar-refractivity contribution in [2.45, 2.75) is 53.5 Å². The van der Waals surface area contributed by atoms with Gasteiger partial charge >= 0.3 is 5.97 Å². The van der Waals surface area contributed by atoms with Gasteiger partial charge in [0.25, 0.3) is 0 Å². The van der Waals surface area contributed by atoms with E-state index < -0.39 is 16.9 Å². The number of carboxylic acids is 1. The van der Waals surface area contributed by atoms with E-state index in [2.05, 4.69) is 0 Å². The molecule has 0 spiro atoms. The van der Waals surface area contributed by atoms with Crippen LogP contribution in [0, 0.1) is 10.8 Å². The molecule has 0 rings (SSSR count). The Labute approximate surface area is 86.7 Å². The maximum Gasteiger partial charge on any atom is 0.311 e. The molecule has 0 aromatic carbocycles. The second kappa shape index (κ2) is 3.54. The molecule has 3 nitrogen and oxygen atoms in total. The molecular weight excluding hydrogens is 178 g/mol. The number of carboxylic acid groups (broad SMARTS) is 1. The standard InChI is InChI=1S/C11H23NO2/c1-9(2,3)7-11(6,8(13)14)10(4,5)12/h7,12H2,1-6H3,(H,13,14). The van der Waals surface area contributed by atoms with Crippen LogP contribution in [-0.4, -0.2) is 16.6 Å². The Morgan fingerprint density at radius 3 is 1.57 bits per heavy atom. The lowest BCUT2D eigenvalue weighted by Gasteiger charge is -2.41. The second-order valence-corrected chi connectivity index (χ2v) is 6.10. The Morgan fingerprint density at radius 2 is 1.50 bits per heavy atom. The molecule has 0 radical (unpaired) electrons. The number of rotatable bonds is 3. The first-order valence-corrected chi connectivity index (χ1v) is 4.92. The fourth-order valence-electron chi connectivity index (χ4n) is 1.64. The molecule has 0 heterocycles. The summed E-state index contributed by atoms with van der Waals surface area (Å²) in [5, 5.41) is 9.25. The van der Waals surface area contributed by atoms with Crippen molar-refractivity contribution >= 4 is 5.97 Å². The minimum atomic E-state index is -0.884. The topological polar surface area (TPSA) is 63.3 Å². The first-order chi connectivity index (χ1) is 5.90. The SMILES string of the molecule is CC(C)(C)CC(C)(C(=O)O)C(C)(C)N. The van der Waals surface area contributed by atoms with Gasteiger partial charge in [0.05, 0.1) is 5.41 Å². The molecule has 0 bridgehead atoms. The highest BCUT2D eigenvalue weighted by Gasteiger charge is 2.47. The molecule has 0 aromatic rings. The van der Waals surface area contributed by atoms with Crippen LogP contribution in [0.15, 0.2) is 0 Å². The number of nitrogens with two attached hydrogens (primary N) is 1. The summed E-state index contributed by atoms with van der Waals surface area (Å²) in [6.07, 6.45) is 0.568. The lowest BCUT2D eigenvalue weighted by molar-refractivity contribution is -0.153. The van der Waals surface area contributed by atoms with Crippen molar-refractivity contribution in [3.63, 3.8) is 0 Å². The summed E-state index contributed by atoms with van der Waals surface area (Å²) in [6, 6.07) is 0. The van der Waals surface area contributed by atoms with Crippen molar-refractivity contribution in [2.24, 2.45) is 16.6 Å². The zero-order chi connectivity index (χ0) is 11.8. The summed E-state index contributed by atoms with van der Waals surface area (Å²) >= 11 is 0. The monoisotopic (exact) mass is 201 g/mol. The van der Waals surface area contributed by atoms with Crippen LogP contribution in [0.3, 0.4) is 0 Å². The summed E-state index contributed by atoms with van der Waals surface area (Å²) in [5.74, 6) is -0.820. The first-order valence-electron chi connectivity index (χ1n) is 4.92. The highest BCUT2D eigenvalue weighted by atomic mass is 16.4. The predicted octanol–water partition coefficient (Wildman–Crippen LogP) is 2.25. The van der Waals surface area contributed by atoms with Crippen LogP contribution in [0.2, 0.25) is 0 Å². The van der Waals surface area contributed by atoms with E-state index in [-0.39, 0.29) is 5.41 Å². The van der Waals surface area contributed by atoms with Gasteiger partial charge in [-0.2, -0.15) is 0 Å². The fraction of sp³-hybridized carbons (Fsp3) is 0.909. The van der Waals surface area contributed by atoms with Gasteiger partial charge in [0, 0.05) is 5.54 Å². The molecule has 0 aliphatic carbocycles. The van der Waals surface area contributed by atoms with Crippen LogP contribution in [0.5, 0.6) is 0 Å². The molecule has 14 heavy (non-hydrogen) atoms. The van der Waals surface area contributed by atoms with Crippen molar-refractivity contribution < 1.29 is 9.90 Å². The van der Waals surface area contributed by atoms with Crippen LogP contribution in [0.4, 0.5) is 0 Å². The predicted molar refractivity (Wildman–Crippen MR) is 58.1 cm³/mol. The Bertz CT molecular complexity index is 222. The molecule has 0 aliphatic heterocycles. The van der Waals surface area contributed by atoms with Gasteiger partial charge in [0.15, 0.2) is 0 Å². The Balaban J connectivity index is 5.04. The van der Waals surface area contributed by atoms with Gasteiger partial charge in [-0.25, -0.2) is 0 Å². The fourth-order valence-corrected chi connectivity index (χ4v) is 1.64. The lowest BCUT2D eigenvalue weighted by atomic mass is 9.65. The molecule has 0 saturated heterocycles. The molecule has 3 heteroatoms. The molecule has 0 amide bonds. The van der Waals surface area contributed by atoms with E-state index in [9.17, 15) is 9.90 Å². The molecule has 0 saturated carbocycles. The van der Waals surface area contributed by atoms with Crippen molar-refractivity contribution in [3.8, 4) is 0 Å². The maximum atomic E-state index is 11.3. The maximum absolute atomic E-state index is 11.3. The number of carbonyl (C=O) groups is 1. The summed E-state index contributed by atoms with van der Waals surface area (Å²) in [6.45, 7) is 11.3. The summed E-state index contributed by atoms with van der Waals surface area (Å²) in [5.41, 5.74) is 4.30. The normalized spacial score (nSPS) is 17.6. The molecule has 0 aromatic heterocycles. The average Bonchev–Trinajstić information content (AvgIpc) is 1.79. The van der Waals surface area contributed by atoms with Crippen molar-refractivity contribution in [1.29, 1.82) is 0 Å². The van der Waals surface area contributed by atoms with Crippen LogP contribution < -0.4 is 5.73 Å². The molecule has 0 fully saturated rings. The molecular formula is C11H23NO2. The zero-order valence-corrected chi connectivity index (χ0v) is 10.1. The third-order valence-corrected chi connectivity index (χ3v) is 2.78. The van der Waals surface area contributed by atoms with Gasteiger partial charge < -0.3 is 10.8 Å². The highest BCUT2D eigenvalue weighted by molar-refractivity contribution is 5.76. The van der Waals surface area contributed by atoms with E-state index in [4.69, 9.17) is 5.73 Å². The van der Waals surface area contributed by atoms with Crippen LogP contribution in [0.25, 0.3) is 0 Å². The van der Waals surface area contributed by atoms with Crippen molar-refractivity contribution in [3.05, 3.63) is 0 Å². The van der Waals surface area contributed by atoms with E-state index >= 15 is 0 Å². The van der Waals surface area contributed by atoms with Crippen LogP contribution in [-0.2, 0) is 4.79 Å². The smallest absolute Gasteiger partial charge is 0.311 e. The average molecular weight is 201 g/mol.